The molecule has 0 aromatic carbocycles. The molecular formula is C15H22N2. The van der Waals surface area contributed by atoms with E-state index in [1.165, 1.54) is 37.8 Å². The Morgan fingerprint density at radius 2 is 2.29 bits per heavy atom. The molecule has 0 saturated heterocycles. The van der Waals surface area contributed by atoms with Crippen LogP contribution in [0.5, 0.6) is 0 Å². The van der Waals surface area contributed by atoms with Gasteiger partial charge in [-0.25, -0.2) is 0 Å². The standard InChI is InChI=1S/C15H22N2/c1-2-12(10-16-6-1)5-7-17-11-15-9-13-3-4-14(15)8-13/h1-2,6,10,13-15,17H,3-5,7-9,11H2. The molecule has 1 aromatic rings. The summed E-state index contributed by atoms with van der Waals surface area (Å²) in [6, 6.07) is 4.18. The van der Waals surface area contributed by atoms with Gasteiger partial charge in [0.05, 0.1) is 0 Å². The van der Waals surface area contributed by atoms with Gasteiger partial charge >= 0.3 is 0 Å². The molecule has 2 fully saturated rings. The molecule has 0 spiro atoms. The smallest absolute Gasteiger partial charge is 0.0300 e. The van der Waals surface area contributed by atoms with E-state index in [4.69, 9.17) is 0 Å². The van der Waals surface area contributed by atoms with Gasteiger partial charge < -0.3 is 5.32 Å². The highest BCUT2D eigenvalue weighted by Crippen LogP contribution is 2.47. The lowest BCUT2D eigenvalue weighted by molar-refractivity contribution is 0.320. The van der Waals surface area contributed by atoms with Gasteiger partial charge in [-0.05, 0) is 68.2 Å². The molecule has 0 aliphatic heterocycles. The lowest BCUT2D eigenvalue weighted by Gasteiger charge is -2.21. The maximum Gasteiger partial charge on any atom is 0.0300 e. The molecular weight excluding hydrogens is 208 g/mol. The Labute approximate surface area is 104 Å². The minimum absolute atomic E-state index is 0.975. The molecule has 92 valence electrons. The number of hydrogen-bond acceptors (Lipinski definition) is 2. The molecule has 2 aliphatic rings. The van der Waals surface area contributed by atoms with Crippen molar-refractivity contribution in [2.75, 3.05) is 13.1 Å². The minimum Gasteiger partial charge on any atom is -0.316 e. The van der Waals surface area contributed by atoms with E-state index < -0.39 is 0 Å². The first-order valence-corrected chi connectivity index (χ1v) is 7.01. The van der Waals surface area contributed by atoms with Gasteiger partial charge in [-0.1, -0.05) is 12.5 Å². The van der Waals surface area contributed by atoms with E-state index >= 15 is 0 Å². The van der Waals surface area contributed by atoms with Crippen LogP contribution in [0.4, 0.5) is 0 Å². The van der Waals surface area contributed by atoms with Gasteiger partial charge in [0, 0.05) is 12.4 Å². The fraction of sp³-hybridized carbons (Fsp3) is 0.667. The van der Waals surface area contributed by atoms with Crippen LogP contribution in [-0.2, 0) is 6.42 Å². The van der Waals surface area contributed by atoms with E-state index in [-0.39, 0.29) is 0 Å². The van der Waals surface area contributed by atoms with Crippen molar-refractivity contribution in [1.82, 2.24) is 10.3 Å². The van der Waals surface area contributed by atoms with Crippen LogP contribution >= 0.6 is 0 Å². The molecule has 2 nitrogen and oxygen atoms in total. The normalized spacial score (nSPS) is 30.9. The van der Waals surface area contributed by atoms with Crippen molar-refractivity contribution in [2.45, 2.75) is 32.1 Å². The SMILES string of the molecule is c1cncc(CCNCC2CC3CCC2C3)c1. The first-order valence-electron chi connectivity index (χ1n) is 7.01. The summed E-state index contributed by atoms with van der Waals surface area (Å²) in [4.78, 5) is 4.14. The van der Waals surface area contributed by atoms with Crippen LogP contribution in [0.25, 0.3) is 0 Å². The fourth-order valence-electron chi connectivity index (χ4n) is 3.69. The summed E-state index contributed by atoms with van der Waals surface area (Å²) in [5.74, 6) is 3.10. The summed E-state index contributed by atoms with van der Waals surface area (Å²) < 4.78 is 0. The Morgan fingerprint density at radius 3 is 3.00 bits per heavy atom. The van der Waals surface area contributed by atoms with E-state index in [0.29, 0.717) is 0 Å². The molecule has 17 heavy (non-hydrogen) atoms. The summed E-state index contributed by atoms with van der Waals surface area (Å²) in [6.07, 6.45) is 10.9. The number of nitrogens with zero attached hydrogens (tertiary/aromatic N) is 1. The number of aromatic nitrogens is 1. The van der Waals surface area contributed by atoms with Crippen molar-refractivity contribution in [3.8, 4) is 0 Å². The third-order valence-corrected chi connectivity index (χ3v) is 4.60. The second-order valence-electron chi connectivity index (χ2n) is 5.75. The number of fused-ring (bicyclic) bond motifs is 2. The second-order valence-corrected chi connectivity index (χ2v) is 5.75. The van der Waals surface area contributed by atoms with Crippen LogP contribution in [0.2, 0.25) is 0 Å². The monoisotopic (exact) mass is 230 g/mol. The zero-order valence-corrected chi connectivity index (χ0v) is 10.4. The molecule has 1 heterocycles. The predicted octanol–water partition coefficient (Wildman–Crippen LogP) is 2.65. The van der Waals surface area contributed by atoms with Crippen LogP contribution in [-0.4, -0.2) is 18.1 Å². The highest BCUT2D eigenvalue weighted by Gasteiger charge is 2.38. The lowest BCUT2D eigenvalue weighted by atomic mass is 9.89. The molecule has 0 radical (unpaired) electrons. The van der Waals surface area contributed by atoms with Gasteiger partial charge in [0.2, 0.25) is 0 Å². The van der Waals surface area contributed by atoms with Crippen LogP contribution in [0.3, 0.4) is 0 Å². The molecule has 2 aliphatic carbocycles. The van der Waals surface area contributed by atoms with Crippen molar-refractivity contribution < 1.29 is 0 Å². The molecule has 1 aromatic heterocycles. The van der Waals surface area contributed by atoms with Crippen molar-refractivity contribution in [2.24, 2.45) is 17.8 Å². The zero-order valence-electron chi connectivity index (χ0n) is 10.4. The molecule has 2 heteroatoms. The average molecular weight is 230 g/mol. The van der Waals surface area contributed by atoms with Gasteiger partial charge in [0.1, 0.15) is 0 Å². The first kappa shape index (κ1) is 11.2. The summed E-state index contributed by atoms with van der Waals surface area (Å²) in [5, 5.41) is 3.63. The summed E-state index contributed by atoms with van der Waals surface area (Å²) in [6.45, 7) is 2.33. The summed E-state index contributed by atoms with van der Waals surface area (Å²) in [7, 11) is 0. The van der Waals surface area contributed by atoms with Crippen LogP contribution in [0, 0.1) is 17.8 Å². The molecule has 3 rings (SSSR count). The van der Waals surface area contributed by atoms with Gasteiger partial charge in [0.15, 0.2) is 0 Å². The van der Waals surface area contributed by atoms with Crippen LogP contribution in [0.1, 0.15) is 31.2 Å². The van der Waals surface area contributed by atoms with Gasteiger partial charge in [-0.15, -0.1) is 0 Å². The van der Waals surface area contributed by atoms with Crippen molar-refractivity contribution in [1.29, 1.82) is 0 Å². The van der Waals surface area contributed by atoms with Gasteiger partial charge in [-0.2, -0.15) is 0 Å². The molecule has 1 N–H and O–H groups in total. The molecule has 2 saturated carbocycles. The average Bonchev–Trinajstić information content (AvgIpc) is 2.98. The summed E-state index contributed by atoms with van der Waals surface area (Å²) in [5.41, 5.74) is 1.34. The Bertz CT molecular complexity index is 349. The Kier molecular flexibility index (Phi) is 3.41. The fourth-order valence-corrected chi connectivity index (χ4v) is 3.69. The quantitative estimate of drug-likeness (QED) is 0.787. The second kappa shape index (κ2) is 5.18. The van der Waals surface area contributed by atoms with E-state index in [1.807, 2.05) is 18.5 Å². The highest BCUT2D eigenvalue weighted by molar-refractivity contribution is 5.08. The summed E-state index contributed by atoms with van der Waals surface area (Å²) >= 11 is 0. The van der Waals surface area contributed by atoms with Crippen LogP contribution in [0.15, 0.2) is 24.5 Å². The lowest BCUT2D eigenvalue weighted by Crippen LogP contribution is -2.28. The molecule has 2 bridgehead atoms. The van der Waals surface area contributed by atoms with E-state index in [1.54, 1.807) is 0 Å². The van der Waals surface area contributed by atoms with Crippen molar-refractivity contribution >= 4 is 0 Å². The van der Waals surface area contributed by atoms with Crippen molar-refractivity contribution in [3.63, 3.8) is 0 Å². The van der Waals surface area contributed by atoms with Gasteiger partial charge in [-0.3, -0.25) is 4.98 Å². The first-order chi connectivity index (χ1) is 8.42. The Morgan fingerprint density at radius 1 is 1.29 bits per heavy atom. The molecule has 3 unspecified atom stereocenters. The third kappa shape index (κ3) is 2.68. The highest BCUT2D eigenvalue weighted by atomic mass is 14.9. The zero-order chi connectivity index (χ0) is 11.5. The maximum atomic E-state index is 4.14. The number of pyridine rings is 1. The number of hydrogen-bond donors (Lipinski definition) is 1. The minimum atomic E-state index is 0.975. The number of nitrogens with one attached hydrogen (secondary N) is 1. The molecule has 0 amide bonds. The van der Waals surface area contributed by atoms with E-state index in [9.17, 15) is 0 Å². The van der Waals surface area contributed by atoms with Gasteiger partial charge in [0.25, 0.3) is 0 Å². The largest absolute Gasteiger partial charge is 0.316 e. The Balaban J connectivity index is 1.36. The van der Waals surface area contributed by atoms with Crippen LogP contribution < -0.4 is 5.32 Å². The predicted molar refractivity (Wildman–Crippen MR) is 69.7 cm³/mol. The van der Waals surface area contributed by atoms with E-state index in [0.717, 1.165) is 30.7 Å². The Hall–Kier alpha value is -0.890. The number of rotatable bonds is 5. The maximum absolute atomic E-state index is 4.14. The topological polar surface area (TPSA) is 24.9 Å². The van der Waals surface area contributed by atoms with Crippen molar-refractivity contribution in [3.05, 3.63) is 30.1 Å². The molecule has 3 atom stereocenters. The van der Waals surface area contributed by atoms with E-state index in [2.05, 4.69) is 16.4 Å². The third-order valence-electron chi connectivity index (χ3n) is 4.60.